The van der Waals surface area contributed by atoms with Crippen molar-refractivity contribution in [2.24, 2.45) is 0 Å². The number of carbonyl (C=O) groups excluding carboxylic acids is 2. The van der Waals surface area contributed by atoms with Crippen LogP contribution in [-0.4, -0.2) is 29.3 Å². The Labute approximate surface area is 117 Å². The van der Waals surface area contributed by atoms with Gasteiger partial charge in [0.15, 0.2) is 0 Å². The van der Waals surface area contributed by atoms with E-state index in [0.29, 0.717) is 30.6 Å². The van der Waals surface area contributed by atoms with Gasteiger partial charge in [0.2, 0.25) is 0 Å². The second-order valence-corrected chi connectivity index (χ2v) is 5.01. The van der Waals surface area contributed by atoms with Crippen LogP contribution >= 0.6 is 0 Å². The van der Waals surface area contributed by atoms with Crippen molar-refractivity contribution in [1.29, 1.82) is 0 Å². The first-order valence-corrected chi connectivity index (χ1v) is 6.69. The molecule has 0 saturated heterocycles. The van der Waals surface area contributed by atoms with Crippen LogP contribution in [-0.2, 0) is 9.59 Å². The average molecular weight is 275 g/mol. The highest BCUT2D eigenvalue weighted by atomic mass is 16.4. The van der Waals surface area contributed by atoms with Crippen LogP contribution in [0.25, 0.3) is 0 Å². The van der Waals surface area contributed by atoms with E-state index in [1.807, 2.05) is 13.0 Å². The van der Waals surface area contributed by atoms with Gasteiger partial charge in [-0.15, -0.1) is 0 Å². The largest absolute Gasteiger partial charge is 0.481 e. The van der Waals surface area contributed by atoms with Gasteiger partial charge in [0.05, 0.1) is 11.3 Å². The van der Waals surface area contributed by atoms with Crippen LogP contribution in [0.2, 0.25) is 0 Å². The third-order valence-electron chi connectivity index (χ3n) is 3.40. The van der Waals surface area contributed by atoms with Crippen LogP contribution in [0.1, 0.15) is 41.6 Å². The number of carbonyl (C=O) groups is 3. The van der Waals surface area contributed by atoms with Gasteiger partial charge in [-0.1, -0.05) is 18.1 Å². The van der Waals surface area contributed by atoms with Crippen molar-refractivity contribution >= 4 is 23.3 Å². The number of anilines is 1. The Hall–Kier alpha value is -2.17. The lowest BCUT2D eigenvalue weighted by atomic mass is 10.1. The van der Waals surface area contributed by atoms with Gasteiger partial charge < -0.3 is 10.0 Å². The number of amides is 1. The Morgan fingerprint density at radius 3 is 2.65 bits per heavy atom. The fourth-order valence-corrected chi connectivity index (χ4v) is 2.36. The third-order valence-corrected chi connectivity index (χ3v) is 3.40. The molecule has 1 heterocycles. The summed E-state index contributed by atoms with van der Waals surface area (Å²) in [4.78, 5) is 35.7. The molecule has 5 heteroatoms. The van der Waals surface area contributed by atoms with Crippen molar-refractivity contribution in [3.8, 4) is 0 Å². The summed E-state index contributed by atoms with van der Waals surface area (Å²) in [6.45, 7) is 2.34. The molecule has 5 nitrogen and oxygen atoms in total. The lowest BCUT2D eigenvalue weighted by Crippen LogP contribution is -2.30. The van der Waals surface area contributed by atoms with Gasteiger partial charge in [0, 0.05) is 13.0 Å². The summed E-state index contributed by atoms with van der Waals surface area (Å²) in [5.41, 5.74) is 2.09. The van der Waals surface area contributed by atoms with E-state index in [1.54, 1.807) is 12.1 Å². The number of aryl methyl sites for hydroxylation is 1. The smallest absolute Gasteiger partial charge is 0.303 e. The summed E-state index contributed by atoms with van der Waals surface area (Å²) in [6, 6.07) is 5.41. The van der Waals surface area contributed by atoms with E-state index in [1.165, 1.54) is 4.90 Å². The van der Waals surface area contributed by atoms with Crippen LogP contribution in [0.3, 0.4) is 0 Å². The van der Waals surface area contributed by atoms with Crippen molar-refractivity contribution in [2.75, 3.05) is 11.4 Å². The van der Waals surface area contributed by atoms with Crippen LogP contribution in [0.5, 0.6) is 0 Å². The summed E-state index contributed by atoms with van der Waals surface area (Å²) in [5.74, 6) is -1.74. The lowest BCUT2D eigenvalue weighted by Gasteiger charge is -2.16. The average Bonchev–Trinajstić information content (AvgIpc) is 2.63. The van der Waals surface area contributed by atoms with Crippen LogP contribution in [0.4, 0.5) is 5.69 Å². The van der Waals surface area contributed by atoms with Crippen molar-refractivity contribution in [3.05, 3.63) is 29.3 Å². The normalized spacial score (nSPS) is 13.8. The highest BCUT2D eigenvalue weighted by Gasteiger charge is 2.35. The van der Waals surface area contributed by atoms with Crippen LogP contribution < -0.4 is 4.90 Å². The number of rotatable bonds is 6. The number of benzene rings is 1. The number of aliphatic carboxylic acids is 1. The predicted molar refractivity (Wildman–Crippen MR) is 74.0 cm³/mol. The van der Waals surface area contributed by atoms with Crippen molar-refractivity contribution in [1.82, 2.24) is 0 Å². The summed E-state index contributed by atoms with van der Waals surface area (Å²) >= 11 is 0. The highest BCUT2D eigenvalue weighted by Crippen LogP contribution is 2.29. The molecule has 1 amide bonds. The molecule has 0 aliphatic carbocycles. The molecule has 1 N–H and O–H groups in total. The fraction of sp³-hybridized carbons (Fsp3) is 0.400. The number of unbranched alkanes of at least 4 members (excludes halogenated alkanes) is 2. The van der Waals surface area contributed by atoms with Crippen LogP contribution in [0, 0.1) is 6.92 Å². The Morgan fingerprint density at radius 2 is 1.95 bits per heavy atom. The van der Waals surface area contributed by atoms with Gasteiger partial charge >= 0.3 is 5.97 Å². The Bertz CT molecular complexity index is 565. The van der Waals surface area contributed by atoms with Crippen molar-refractivity contribution in [2.45, 2.75) is 32.6 Å². The molecule has 0 bridgehead atoms. The number of hydrogen-bond acceptors (Lipinski definition) is 3. The molecule has 1 aliphatic rings. The molecule has 1 aromatic carbocycles. The summed E-state index contributed by atoms with van der Waals surface area (Å²) in [6.07, 6.45) is 2.15. The Kier molecular flexibility index (Phi) is 4.17. The summed E-state index contributed by atoms with van der Waals surface area (Å²) in [5, 5.41) is 8.55. The summed E-state index contributed by atoms with van der Waals surface area (Å²) in [7, 11) is 0. The standard InChI is InChI=1S/C15H17NO4/c1-10-6-7-12-11(9-10)14(19)15(20)16(12)8-4-2-3-5-13(17)18/h6-7,9H,2-5,8H2,1H3,(H,17,18). The van der Waals surface area contributed by atoms with Crippen molar-refractivity contribution < 1.29 is 19.5 Å². The second kappa shape index (κ2) is 5.86. The number of nitrogens with zero attached hydrogens (tertiary/aromatic N) is 1. The summed E-state index contributed by atoms with van der Waals surface area (Å²) < 4.78 is 0. The molecule has 1 aliphatic heterocycles. The van der Waals surface area contributed by atoms with Gasteiger partial charge in [-0.25, -0.2) is 0 Å². The molecule has 0 atom stereocenters. The van der Waals surface area contributed by atoms with Gasteiger partial charge in [-0.2, -0.15) is 0 Å². The number of ketones is 1. The van der Waals surface area contributed by atoms with E-state index in [-0.39, 0.29) is 6.42 Å². The van der Waals surface area contributed by atoms with E-state index in [0.717, 1.165) is 12.0 Å². The van der Waals surface area contributed by atoms with E-state index in [9.17, 15) is 14.4 Å². The zero-order chi connectivity index (χ0) is 14.7. The SMILES string of the molecule is Cc1ccc2c(c1)C(=O)C(=O)N2CCCCCC(=O)O. The zero-order valence-electron chi connectivity index (χ0n) is 11.4. The maximum absolute atomic E-state index is 11.9. The first-order valence-electron chi connectivity index (χ1n) is 6.69. The molecule has 0 fully saturated rings. The molecule has 1 aromatic rings. The van der Waals surface area contributed by atoms with Crippen LogP contribution in [0.15, 0.2) is 18.2 Å². The molecule has 20 heavy (non-hydrogen) atoms. The van der Waals surface area contributed by atoms with Gasteiger partial charge in [-0.05, 0) is 31.9 Å². The number of carboxylic acid groups (broad SMARTS) is 1. The van der Waals surface area contributed by atoms with E-state index in [2.05, 4.69) is 0 Å². The Morgan fingerprint density at radius 1 is 1.20 bits per heavy atom. The minimum absolute atomic E-state index is 0.142. The molecule has 0 unspecified atom stereocenters. The zero-order valence-corrected chi connectivity index (χ0v) is 11.4. The molecule has 0 spiro atoms. The van der Waals surface area contributed by atoms with Gasteiger partial charge in [0.1, 0.15) is 0 Å². The minimum Gasteiger partial charge on any atom is -0.481 e. The molecular weight excluding hydrogens is 258 g/mol. The van der Waals surface area contributed by atoms with Gasteiger partial charge in [0.25, 0.3) is 11.7 Å². The molecule has 0 aromatic heterocycles. The number of hydrogen-bond donors (Lipinski definition) is 1. The third kappa shape index (κ3) is 2.87. The van der Waals surface area contributed by atoms with Gasteiger partial charge in [-0.3, -0.25) is 14.4 Å². The number of Topliss-reactive ketones (excluding diaryl/α,β-unsaturated/α-hetero) is 1. The monoisotopic (exact) mass is 275 g/mol. The highest BCUT2D eigenvalue weighted by molar-refractivity contribution is 6.52. The minimum atomic E-state index is -0.807. The maximum Gasteiger partial charge on any atom is 0.303 e. The van der Waals surface area contributed by atoms with E-state index in [4.69, 9.17) is 5.11 Å². The van der Waals surface area contributed by atoms with Crippen molar-refractivity contribution in [3.63, 3.8) is 0 Å². The topological polar surface area (TPSA) is 74.7 Å². The predicted octanol–water partition coefficient (Wildman–Crippen LogP) is 2.17. The second-order valence-electron chi connectivity index (χ2n) is 5.01. The molecule has 0 radical (unpaired) electrons. The lowest BCUT2D eigenvalue weighted by molar-refractivity contribution is -0.137. The maximum atomic E-state index is 11.9. The molecule has 106 valence electrons. The number of fused-ring (bicyclic) bond motifs is 1. The first-order chi connectivity index (χ1) is 9.50. The first kappa shape index (κ1) is 14.2. The quantitative estimate of drug-likeness (QED) is 0.637. The fourth-order valence-electron chi connectivity index (χ4n) is 2.36. The molecular formula is C15H17NO4. The number of carboxylic acids is 1. The van der Waals surface area contributed by atoms with E-state index >= 15 is 0 Å². The van der Waals surface area contributed by atoms with E-state index < -0.39 is 17.7 Å². The molecule has 2 rings (SSSR count). The Balaban J connectivity index is 1.98. The molecule has 0 saturated carbocycles.